The lowest BCUT2D eigenvalue weighted by molar-refractivity contribution is 0.696. The minimum absolute atomic E-state index is 0.941. The molecule has 0 amide bonds. The fourth-order valence-corrected chi connectivity index (χ4v) is 0.850. The van der Waals surface area contributed by atoms with Crippen LogP contribution < -0.4 is 0 Å². The predicted molar refractivity (Wildman–Crippen MR) is 46.7 cm³/mol. The fraction of sp³-hybridized carbons (Fsp3) is 0.667. The number of rotatable bonds is 6. The Labute approximate surface area is 63.7 Å². The third kappa shape index (κ3) is 7.41. The number of hydrogen-bond donors (Lipinski definition) is 1. The van der Waals surface area contributed by atoms with Crippen molar-refractivity contribution in [1.82, 2.24) is 0 Å². The fourth-order valence-electron chi connectivity index (χ4n) is 0.850. The third-order valence-electron chi connectivity index (χ3n) is 1.45. The van der Waals surface area contributed by atoms with Crippen LogP contribution in [0.5, 0.6) is 0 Å². The quantitative estimate of drug-likeness (QED) is 0.332. The van der Waals surface area contributed by atoms with E-state index in [0.717, 1.165) is 19.3 Å². The summed E-state index contributed by atoms with van der Waals surface area (Å²) in [5.74, 6) is 0. The standard InChI is InChI=1S/C9H17N/c1-9(2)7-5-3-4-6-8-10/h8,10H,1,3-7H2,2H3. The van der Waals surface area contributed by atoms with Gasteiger partial charge in [-0.3, -0.25) is 0 Å². The van der Waals surface area contributed by atoms with Crippen LogP contribution in [0.1, 0.15) is 39.0 Å². The molecule has 0 saturated heterocycles. The molecule has 0 unspecified atom stereocenters. The van der Waals surface area contributed by atoms with E-state index in [0.29, 0.717) is 0 Å². The van der Waals surface area contributed by atoms with E-state index in [2.05, 4.69) is 13.5 Å². The Bertz CT molecular complexity index is 105. The summed E-state index contributed by atoms with van der Waals surface area (Å²) in [6, 6.07) is 0. The molecule has 58 valence electrons. The summed E-state index contributed by atoms with van der Waals surface area (Å²) < 4.78 is 0. The molecular weight excluding hydrogens is 122 g/mol. The van der Waals surface area contributed by atoms with Crippen molar-refractivity contribution in [2.45, 2.75) is 39.0 Å². The van der Waals surface area contributed by atoms with Crippen LogP contribution in [0.2, 0.25) is 0 Å². The molecule has 0 bridgehead atoms. The first kappa shape index (κ1) is 9.41. The molecule has 0 aromatic carbocycles. The predicted octanol–water partition coefficient (Wildman–Crippen LogP) is 3.16. The second kappa shape index (κ2) is 6.53. The van der Waals surface area contributed by atoms with Gasteiger partial charge in [-0.15, -0.1) is 6.58 Å². The molecule has 0 spiro atoms. The largest absolute Gasteiger partial charge is 0.313 e. The minimum Gasteiger partial charge on any atom is -0.313 e. The van der Waals surface area contributed by atoms with E-state index in [9.17, 15) is 0 Å². The van der Waals surface area contributed by atoms with Gasteiger partial charge in [0.2, 0.25) is 0 Å². The zero-order valence-corrected chi connectivity index (χ0v) is 6.82. The van der Waals surface area contributed by atoms with E-state index in [4.69, 9.17) is 5.41 Å². The van der Waals surface area contributed by atoms with Crippen molar-refractivity contribution in [3.05, 3.63) is 12.2 Å². The lowest BCUT2D eigenvalue weighted by Gasteiger charge is -1.97. The van der Waals surface area contributed by atoms with Crippen LogP contribution >= 0.6 is 0 Å². The maximum Gasteiger partial charge on any atom is -0.00477 e. The molecule has 0 atom stereocenters. The van der Waals surface area contributed by atoms with Gasteiger partial charge >= 0.3 is 0 Å². The zero-order chi connectivity index (χ0) is 7.82. The van der Waals surface area contributed by atoms with E-state index in [1.165, 1.54) is 24.6 Å². The van der Waals surface area contributed by atoms with Crippen molar-refractivity contribution in [3.8, 4) is 0 Å². The van der Waals surface area contributed by atoms with Gasteiger partial charge in [-0.2, -0.15) is 0 Å². The van der Waals surface area contributed by atoms with Crippen LogP contribution in [0.25, 0.3) is 0 Å². The van der Waals surface area contributed by atoms with Crippen LogP contribution in [-0.4, -0.2) is 6.21 Å². The summed E-state index contributed by atoms with van der Waals surface area (Å²) in [6.45, 7) is 5.89. The van der Waals surface area contributed by atoms with Crippen LogP contribution in [0.4, 0.5) is 0 Å². The van der Waals surface area contributed by atoms with Gasteiger partial charge in [0.05, 0.1) is 0 Å². The molecule has 0 fully saturated rings. The van der Waals surface area contributed by atoms with Crippen molar-refractivity contribution >= 4 is 6.21 Å². The van der Waals surface area contributed by atoms with Gasteiger partial charge in [0.25, 0.3) is 0 Å². The molecule has 1 heteroatoms. The van der Waals surface area contributed by atoms with Crippen LogP contribution in [-0.2, 0) is 0 Å². The lowest BCUT2D eigenvalue weighted by atomic mass is 10.1. The third-order valence-corrected chi connectivity index (χ3v) is 1.45. The maximum atomic E-state index is 6.78. The Balaban J connectivity index is 2.90. The highest BCUT2D eigenvalue weighted by molar-refractivity contribution is 5.52. The molecule has 0 radical (unpaired) electrons. The molecule has 0 aliphatic rings. The summed E-state index contributed by atoms with van der Waals surface area (Å²) in [4.78, 5) is 0. The maximum absolute atomic E-state index is 6.78. The van der Waals surface area contributed by atoms with E-state index < -0.39 is 0 Å². The van der Waals surface area contributed by atoms with Crippen molar-refractivity contribution in [3.63, 3.8) is 0 Å². The molecule has 0 aliphatic carbocycles. The SMILES string of the molecule is C=C(C)CCCCCC=N. The summed E-state index contributed by atoms with van der Waals surface area (Å²) in [7, 11) is 0. The van der Waals surface area contributed by atoms with E-state index in [-0.39, 0.29) is 0 Å². The number of nitrogens with one attached hydrogen (secondary N) is 1. The molecule has 0 heterocycles. The molecule has 10 heavy (non-hydrogen) atoms. The van der Waals surface area contributed by atoms with Gasteiger partial charge in [0.1, 0.15) is 0 Å². The zero-order valence-electron chi connectivity index (χ0n) is 6.82. The van der Waals surface area contributed by atoms with Gasteiger partial charge in [-0.05, 0) is 38.8 Å². The molecule has 1 nitrogen and oxygen atoms in total. The van der Waals surface area contributed by atoms with E-state index in [1.54, 1.807) is 0 Å². The van der Waals surface area contributed by atoms with E-state index in [1.807, 2.05) is 0 Å². The molecular formula is C9H17N. The first-order chi connectivity index (χ1) is 4.77. The summed E-state index contributed by atoms with van der Waals surface area (Å²) in [5.41, 5.74) is 1.27. The summed E-state index contributed by atoms with van der Waals surface area (Å²) >= 11 is 0. The first-order valence-electron chi connectivity index (χ1n) is 3.90. The number of hydrogen-bond acceptors (Lipinski definition) is 1. The smallest absolute Gasteiger partial charge is 0.00477 e. The minimum atomic E-state index is 0.941. The summed E-state index contributed by atoms with van der Waals surface area (Å²) in [5, 5.41) is 6.78. The van der Waals surface area contributed by atoms with Gasteiger partial charge in [-0.1, -0.05) is 12.0 Å². The Morgan fingerprint density at radius 1 is 1.40 bits per heavy atom. The molecule has 0 rings (SSSR count). The molecule has 1 N–H and O–H groups in total. The Kier molecular flexibility index (Phi) is 6.14. The Morgan fingerprint density at radius 2 is 2.10 bits per heavy atom. The van der Waals surface area contributed by atoms with Crippen LogP contribution in [0.15, 0.2) is 12.2 Å². The Hall–Kier alpha value is -0.590. The van der Waals surface area contributed by atoms with Gasteiger partial charge in [0, 0.05) is 0 Å². The van der Waals surface area contributed by atoms with E-state index >= 15 is 0 Å². The average Bonchev–Trinajstić information content (AvgIpc) is 1.87. The van der Waals surface area contributed by atoms with Gasteiger partial charge in [0.15, 0.2) is 0 Å². The molecule has 0 aliphatic heterocycles. The highest BCUT2D eigenvalue weighted by Gasteiger charge is 1.87. The monoisotopic (exact) mass is 139 g/mol. The molecule has 0 saturated carbocycles. The van der Waals surface area contributed by atoms with Gasteiger partial charge < -0.3 is 5.41 Å². The topological polar surface area (TPSA) is 23.9 Å². The molecule has 0 aromatic heterocycles. The molecule has 0 aromatic rings. The van der Waals surface area contributed by atoms with Gasteiger partial charge in [-0.25, -0.2) is 0 Å². The second-order valence-corrected chi connectivity index (χ2v) is 2.76. The van der Waals surface area contributed by atoms with Crippen molar-refractivity contribution < 1.29 is 0 Å². The summed E-state index contributed by atoms with van der Waals surface area (Å²) in [6.07, 6.45) is 7.22. The first-order valence-corrected chi connectivity index (χ1v) is 3.90. The van der Waals surface area contributed by atoms with Crippen LogP contribution in [0.3, 0.4) is 0 Å². The highest BCUT2D eigenvalue weighted by atomic mass is 14.3. The highest BCUT2D eigenvalue weighted by Crippen LogP contribution is 2.06. The van der Waals surface area contributed by atoms with Crippen molar-refractivity contribution in [2.75, 3.05) is 0 Å². The van der Waals surface area contributed by atoms with Crippen LogP contribution in [0, 0.1) is 5.41 Å². The lowest BCUT2D eigenvalue weighted by Crippen LogP contribution is -1.79. The number of unbranched alkanes of at least 4 members (excludes halogenated alkanes) is 3. The van der Waals surface area contributed by atoms with Crippen molar-refractivity contribution in [1.29, 1.82) is 5.41 Å². The van der Waals surface area contributed by atoms with Crippen molar-refractivity contribution in [2.24, 2.45) is 0 Å². The average molecular weight is 139 g/mol. The second-order valence-electron chi connectivity index (χ2n) is 2.76. The normalized spacial score (nSPS) is 9.30. The Morgan fingerprint density at radius 3 is 2.60 bits per heavy atom. The number of allylic oxidation sites excluding steroid dienone is 1.